The molecule has 0 radical (unpaired) electrons. The first-order valence-electron chi connectivity index (χ1n) is 7.63. The Labute approximate surface area is 123 Å². The standard InChI is InChI=1S/C17H30O3/c1-6-15(11-12-20-13(3)4)9-8-10-16(7-2)14(5)17(18)19/h9,13H,6-8,10-12H2,1-5H3,(H,18,19). The molecule has 20 heavy (non-hydrogen) atoms. The molecule has 0 fully saturated rings. The Hall–Kier alpha value is -1.09. The van der Waals surface area contributed by atoms with Crippen molar-refractivity contribution in [1.29, 1.82) is 0 Å². The van der Waals surface area contributed by atoms with Gasteiger partial charge in [0.05, 0.1) is 12.7 Å². The van der Waals surface area contributed by atoms with E-state index in [1.807, 2.05) is 20.8 Å². The maximum absolute atomic E-state index is 11.0. The van der Waals surface area contributed by atoms with E-state index in [-0.39, 0.29) is 6.10 Å². The van der Waals surface area contributed by atoms with Crippen molar-refractivity contribution in [1.82, 2.24) is 0 Å². The molecule has 3 nitrogen and oxygen atoms in total. The zero-order valence-corrected chi connectivity index (χ0v) is 13.7. The third-order valence-corrected chi connectivity index (χ3v) is 3.49. The molecule has 0 aromatic rings. The number of ether oxygens (including phenoxy) is 1. The van der Waals surface area contributed by atoms with Crippen LogP contribution < -0.4 is 0 Å². The van der Waals surface area contributed by atoms with Gasteiger partial charge < -0.3 is 9.84 Å². The largest absolute Gasteiger partial charge is 0.478 e. The van der Waals surface area contributed by atoms with Crippen molar-refractivity contribution in [2.45, 2.75) is 72.8 Å². The van der Waals surface area contributed by atoms with Gasteiger partial charge >= 0.3 is 5.97 Å². The lowest BCUT2D eigenvalue weighted by molar-refractivity contribution is -0.132. The summed E-state index contributed by atoms with van der Waals surface area (Å²) in [5, 5.41) is 9.02. The quantitative estimate of drug-likeness (QED) is 0.465. The maximum atomic E-state index is 11.0. The van der Waals surface area contributed by atoms with Gasteiger partial charge in [-0.3, -0.25) is 0 Å². The first-order chi connectivity index (χ1) is 9.42. The van der Waals surface area contributed by atoms with Crippen LogP contribution in [0.1, 0.15) is 66.7 Å². The molecule has 0 aliphatic heterocycles. The highest BCUT2D eigenvalue weighted by Gasteiger charge is 2.07. The van der Waals surface area contributed by atoms with E-state index in [0.29, 0.717) is 5.57 Å². The van der Waals surface area contributed by atoms with Gasteiger partial charge in [-0.25, -0.2) is 4.79 Å². The Morgan fingerprint density at radius 2 is 1.85 bits per heavy atom. The molecule has 0 bridgehead atoms. The summed E-state index contributed by atoms with van der Waals surface area (Å²) in [5.74, 6) is -0.799. The van der Waals surface area contributed by atoms with Gasteiger partial charge in [-0.05, 0) is 52.9 Å². The highest BCUT2D eigenvalue weighted by atomic mass is 16.5. The molecule has 0 amide bonds. The Balaban J connectivity index is 4.36. The van der Waals surface area contributed by atoms with Crippen molar-refractivity contribution >= 4 is 5.97 Å². The molecule has 0 saturated heterocycles. The number of allylic oxidation sites excluding steroid dienone is 2. The number of carboxylic acid groups (broad SMARTS) is 1. The van der Waals surface area contributed by atoms with Gasteiger partial charge in [0.1, 0.15) is 0 Å². The number of aliphatic carboxylic acids is 1. The minimum atomic E-state index is -0.799. The fraction of sp³-hybridized carbons (Fsp3) is 0.706. The van der Waals surface area contributed by atoms with E-state index < -0.39 is 5.97 Å². The van der Waals surface area contributed by atoms with E-state index in [0.717, 1.165) is 44.3 Å². The molecule has 0 atom stereocenters. The van der Waals surface area contributed by atoms with E-state index in [9.17, 15) is 4.79 Å². The number of carbonyl (C=O) groups is 1. The van der Waals surface area contributed by atoms with Gasteiger partial charge in [-0.15, -0.1) is 0 Å². The zero-order chi connectivity index (χ0) is 15.5. The summed E-state index contributed by atoms with van der Waals surface area (Å²) in [7, 11) is 0. The number of carboxylic acids is 1. The summed E-state index contributed by atoms with van der Waals surface area (Å²) in [6, 6.07) is 0. The van der Waals surface area contributed by atoms with E-state index in [4.69, 9.17) is 9.84 Å². The van der Waals surface area contributed by atoms with Gasteiger partial charge in [0, 0.05) is 5.57 Å². The summed E-state index contributed by atoms with van der Waals surface area (Å²) in [4.78, 5) is 11.0. The van der Waals surface area contributed by atoms with Crippen LogP contribution >= 0.6 is 0 Å². The zero-order valence-electron chi connectivity index (χ0n) is 13.7. The van der Waals surface area contributed by atoms with Crippen LogP contribution in [0.2, 0.25) is 0 Å². The summed E-state index contributed by atoms with van der Waals surface area (Å²) in [6.45, 7) is 10.7. The third-order valence-electron chi connectivity index (χ3n) is 3.49. The molecule has 0 unspecified atom stereocenters. The first kappa shape index (κ1) is 18.9. The molecule has 0 heterocycles. The Bertz CT molecular complexity index is 351. The molecule has 0 aliphatic rings. The lowest BCUT2D eigenvalue weighted by Gasteiger charge is -2.10. The predicted molar refractivity (Wildman–Crippen MR) is 83.9 cm³/mol. The van der Waals surface area contributed by atoms with E-state index in [1.165, 1.54) is 5.57 Å². The van der Waals surface area contributed by atoms with E-state index in [2.05, 4.69) is 13.0 Å². The normalized spacial score (nSPS) is 13.6. The summed E-state index contributed by atoms with van der Waals surface area (Å²) < 4.78 is 5.56. The summed E-state index contributed by atoms with van der Waals surface area (Å²) >= 11 is 0. The van der Waals surface area contributed by atoms with Crippen LogP contribution in [0.25, 0.3) is 0 Å². The van der Waals surface area contributed by atoms with Gasteiger partial charge in [-0.2, -0.15) is 0 Å². The lowest BCUT2D eigenvalue weighted by atomic mass is 10.00. The Kier molecular flexibility index (Phi) is 10.1. The van der Waals surface area contributed by atoms with Crippen molar-refractivity contribution in [3.63, 3.8) is 0 Å². The number of hydrogen-bond acceptors (Lipinski definition) is 2. The predicted octanol–water partition coefficient (Wildman–Crippen LogP) is 4.73. The molecule has 1 N–H and O–H groups in total. The smallest absolute Gasteiger partial charge is 0.331 e. The van der Waals surface area contributed by atoms with E-state index >= 15 is 0 Å². The summed E-state index contributed by atoms with van der Waals surface area (Å²) in [5.41, 5.74) is 2.94. The molecule has 0 aromatic carbocycles. The van der Waals surface area contributed by atoms with Gasteiger partial charge in [0.25, 0.3) is 0 Å². The van der Waals surface area contributed by atoms with Crippen LogP contribution in [-0.2, 0) is 9.53 Å². The molecule has 0 aliphatic carbocycles. The van der Waals surface area contributed by atoms with Crippen molar-refractivity contribution in [3.8, 4) is 0 Å². The molecular weight excluding hydrogens is 252 g/mol. The van der Waals surface area contributed by atoms with Crippen LogP contribution in [-0.4, -0.2) is 23.8 Å². The van der Waals surface area contributed by atoms with Crippen LogP contribution in [0.3, 0.4) is 0 Å². The van der Waals surface area contributed by atoms with Gasteiger partial charge in [0.15, 0.2) is 0 Å². The Morgan fingerprint density at radius 1 is 1.20 bits per heavy atom. The maximum Gasteiger partial charge on any atom is 0.331 e. The SMILES string of the molecule is CCC(=CCCC(CC)=C(C)C(=O)O)CCOC(C)C. The van der Waals surface area contributed by atoms with Crippen LogP contribution in [0.15, 0.2) is 22.8 Å². The molecule has 0 saturated carbocycles. The van der Waals surface area contributed by atoms with Crippen molar-refractivity contribution < 1.29 is 14.6 Å². The first-order valence-corrected chi connectivity index (χ1v) is 7.63. The van der Waals surface area contributed by atoms with Crippen LogP contribution in [0.5, 0.6) is 0 Å². The van der Waals surface area contributed by atoms with Crippen molar-refractivity contribution in [2.75, 3.05) is 6.61 Å². The average Bonchev–Trinajstić information content (AvgIpc) is 2.40. The van der Waals surface area contributed by atoms with Crippen molar-refractivity contribution in [2.24, 2.45) is 0 Å². The van der Waals surface area contributed by atoms with E-state index in [1.54, 1.807) is 6.92 Å². The highest BCUT2D eigenvalue weighted by molar-refractivity contribution is 5.86. The fourth-order valence-corrected chi connectivity index (χ4v) is 2.08. The highest BCUT2D eigenvalue weighted by Crippen LogP contribution is 2.17. The second-order valence-corrected chi connectivity index (χ2v) is 5.31. The Morgan fingerprint density at radius 3 is 2.30 bits per heavy atom. The van der Waals surface area contributed by atoms with Crippen LogP contribution in [0, 0.1) is 0 Å². The molecule has 116 valence electrons. The number of hydrogen-bond donors (Lipinski definition) is 1. The third kappa shape index (κ3) is 8.16. The average molecular weight is 282 g/mol. The second kappa shape index (κ2) is 10.7. The summed E-state index contributed by atoms with van der Waals surface area (Å²) in [6.07, 6.45) is 7.09. The topological polar surface area (TPSA) is 46.5 Å². The van der Waals surface area contributed by atoms with Gasteiger partial charge in [0.2, 0.25) is 0 Å². The minimum absolute atomic E-state index is 0.279. The van der Waals surface area contributed by atoms with Gasteiger partial charge in [-0.1, -0.05) is 31.1 Å². The lowest BCUT2D eigenvalue weighted by Crippen LogP contribution is -2.04. The molecule has 3 heteroatoms. The fourth-order valence-electron chi connectivity index (χ4n) is 2.08. The minimum Gasteiger partial charge on any atom is -0.478 e. The van der Waals surface area contributed by atoms with Crippen LogP contribution in [0.4, 0.5) is 0 Å². The molecular formula is C17H30O3. The van der Waals surface area contributed by atoms with Crippen molar-refractivity contribution in [3.05, 3.63) is 22.8 Å². The molecule has 0 rings (SSSR count). The number of rotatable bonds is 10. The second-order valence-electron chi connectivity index (χ2n) is 5.31. The molecule has 0 spiro atoms. The monoisotopic (exact) mass is 282 g/mol. The molecule has 0 aromatic heterocycles.